The van der Waals surface area contributed by atoms with Gasteiger partial charge in [-0.3, -0.25) is 0 Å². The lowest BCUT2D eigenvalue weighted by molar-refractivity contribution is 0.376. The molecule has 0 aromatic carbocycles. The Balaban J connectivity index is 2.09. The third kappa shape index (κ3) is 2.52. The van der Waals surface area contributed by atoms with Gasteiger partial charge in [-0.05, 0) is 59.1 Å². The van der Waals surface area contributed by atoms with E-state index in [0.717, 1.165) is 11.8 Å². The second-order valence-electron chi connectivity index (χ2n) is 4.75. The van der Waals surface area contributed by atoms with Gasteiger partial charge in [0.05, 0.1) is 0 Å². The molecule has 90 valence electrons. The summed E-state index contributed by atoms with van der Waals surface area (Å²) in [5.41, 5.74) is 0. The fourth-order valence-electron chi connectivity index (χ4n) is 2.90. The first-order valence-electron chi connectivity index (χ1n) is 6.16. The number of halogens is 1. The maximum atomic E-state index is 3.66. The molecule has 1 aromatic rings. The largest absolute Gasteiger partial charge is 0.312 e. The van der Waals surface area contributed by atoms with Crippen LogP contribution in [0.5, 0.6) is 0 Å². The molecule has 1 aliphatic rings. The van der Waals surface area contributed by atoms with Crippen LogP contribution in [0.15, 0.2) is 15.9 Å². The van der Waals surface area contributed by atoms with E-state index >= 15 is 0 Å². The third-order valence-corrected chi connectivity index (χ3v) is 5.82. The Morgan fingerprint density at radius 2 is 2.38 bits per heavy atom. The molecule has 16 heavy (non-hydrogen) atoms. The zero-order valence-electron chi connectivity index (χ0n) is 10.0. The van der Waals surface area contributed by atoms with Crippen molar-refractivity contribution in [2.45, 2.75) is 38.6 Å². The molecular weight excluding hydrogens is 282 g/mol. The van der Waals surface area contributed by atoms with E-state index in [1.54, 1.807) is 0 Å². The average molecular weight is 302 g/mol. The number of rotatable bonds is 4. The standard InChI is InChI=1S/C13H20BrNS/c1-3-9-4-5-10(8-9)12(15-2)13-11(14)6-7-16-13/h6-7,9-10,12,15H,3-5,8H2,1-2H3. The van der Waals surface area contributed by atoms with Gasteiger partial charge in [0.15, 0.2) is 0 Å². The molecule has 0 aliphatic heterocycles. The highest BCUT2D eigenvalue weighted by Crippen LogP contribution is 2.43. The molecular formula is C13H20BrNS. The van der Waals surface area contributed by atoms with Gasteiger partial charge in [0.1, 0.15) is 0 Å². The summed E-state index contributed by atoms with van der Waals surface area (Å²) in [7, 11) is 2.09. The second kappa shape index (κ2) is 5.65. The van der Waals surface area contributed by atoms with Gasteiger partial charge in [0.2, 0.25) is 0 Å². The highest BCUT2D eigenvalue weighted by Gasteiger charge is 2.31. The van der Waals surface area contributed by atoms with Gasteiger partial charge >= 0.3 is 0 Å². The fraction of sp³-hybridized carbons (Fsp3) is 0.692. The fourth-order valence-corrected chi connectivity index (χ4v) is 4.72. The van der Waals surface area contributed by atoms with Crippen molar-refractivity contribution in [2.24, 2.45) is 11.8 Å². The van der Waals surface area contributed by atoms with Crippen molar-refractivity contribution in [2.75, 3.05) is 7.05 Å². The molecule has 0 spiro atoms. The smallest absolute Gasteiger partial charge is 0.0452 e. The highest BCUT2D eigenvalue weighted by molar-refractivity contribution is 9.10. The molecule has 3 atom stereocenters. The van der Waals surface area contributed by atoms with Crippen LogP contribution in [0.2, 0.25) is 0 Å². The molecule has 2 rings (SSSR count). The van der Waals surface area contributed by atoms with E-state index in [1.807, 2.05) is 11.3 Å². The Kier molecular flexibility index (Phi) is 4.45. The van der Waals surface area contributed by atoms with Crippen molar-refractivity contribution in [3.63, 3.8) is 0 Å². The molecule has 0 bridgehead atoms. The Bertz CT molecular complexity index is 336. The van der Waals surface area contributed by atoms with Crippen LogP contribution in [-0.4, -0.2) is 7.05 Å². The van der Waals surface area contributed by atoms with Crippen molar-refractivity contribution < 1.29 is 0 Å². The Morgan fingerprint density at radius 1 is 1.56 bits per heavy atom. The molecule has 1 aliphatic carbocycles. The number of thiophene rings is 1. The molecule has 3 unspecified atom stereocenters. The Labute approximate surface area is 111 Å². The van der Waals surface area contributed by atoms with Gasteiger partial charge in [-0.1, -0.05) is 19.8 Å². The summed E-state index contributed by atoms with van der Waals surface area (Å²) in [5.74, 6) is 1.78. The van der Waals surface area contributed by atoms with Crippen LogP contribution >= 0.6 is 27.3 Å². The van der Waals surface area contributed by atoms with Crippen molar-refractivity contribution in [3.05, 3.63) is 20.8 Å². The molecule has 0 amide bonds. The first kappa shape index (κ1) is 12.6. The molecule has 1 fully saturated rings. The van der Waals surface area contributed by atoms with E-state index in [4.69, 9.17) is 0 Å². The van der Waals surface area contributed by atoms with Gasteiger partial charge in [-0.25, -0.2) is 0 Å². The quantitative estimate of drug-likeness (QED) is 0.857. The van der Waals surface area contributed by atoms with E-state index in [0.29, 0.717) is 6.04 Å². The molecule has 1 N–H and O–H groups in total. The second-order valence-corrected chi connectivity index (χ2v) is 6.55. The van der Waals surface area contributed by atoms with Crippen molar-refractivity contribution in [1.29, 1.82) is 0 Å². The maximum absolute atomic E-state index is 3.66. The van der Waals surface area contributed by atoms with E-state index in [2.05, 4.69) is 46.7 Å². The lowest BCUT2D eigenvalue weighted by Gasteiger charge is -2.22. The topological polar surface area (TPSA) is 12.0 Å². The van der Waals surface area contributed by atoms with Crippen LogP contribution in [0.25, 0.3) is 0 Å². The van der Waals surface area contributed by atoms with Crippen LogP contribution in [0.4, 0.5) is 0 Å². The summed E-state index contributed by atoms with van der Waals surface area (Å²) in [5, 5.41) is 5.69. The van der Waals surface area contributed by atoms with E-state index < -0.39 is 0 Å². The minimum absolute atomic E-state index is 0.547. The summed E-state index contributed by atoms with van der Waals surface area (Å²) in [6.07, 6.45) is 5.54. The van der Waals surface area contributed by atoms with E-state index in [1.165, 1.54) is 35.0 Å². The van der Waals surface area contributed by atoms with Crippen LogP contribution < -0.4 is 5.32 Å². The molecule has 0 saturated heterocycles. The van der Waals surface area contributed by atoms with Gasteiger partial charge in [-0.15, -0.1) is 11.3 Å². The predicted molar refractivity (Wildman–Crippen MR) is 74.9 cm³/mol. The molecule has 1 heterocycles. The first-order valence-corrected chi connectivity index (χ1v) is 7.83. The normalized spacial score (nSPS) is 27.2. The van der Waals surface area contributed by atoms with Crippen LogP contribution in [0.1, 0.15) is 43.5 Å². The summed E-state index contributed by atoms with van der Waals surface area (Å²) in [6.45, 7) is 2.32. The van der Waals surface area contributed by atoms with E-state index in [9.17, 15) is 0 Å². The summed E-state index contributed by atoms with van der Waals surface area (Å²) < 4.78 is 1.27. The molecule has 1 saturated carbocycles. The SMILES string of the molecule is CCC1CCC(C(NC)c2sccc2Br)C1. The van der Waals surface area contributed by atoms with Gasteiger partial charge in [0, 0.05) is 15.4 Å². The van der Waals surface area contributed by atoms with Crippen molar-refractivity contribution in [3.8, 4) is 0 Å². The number of hydrogen-bond acceptors (Lipinski definition) is 2. The zero-order chi connectivity index (χ0) is 11.5. The Hall–Kier alpha value is 0.140. The molecule has 1 aromatic heterocycles. The van der Waals surface area contributed by atoms with Gasteiger partial charge in [0.25, 0.3) is 0 Å². The van der Waals surface area contributed by atoms with E-state index in [-0.39, 0.29) is 0 Å². The van der Waals surface area contributed by atoms with Gasteiger partial charge in [-0.2, -0.15) is 0 Å². The van der Waals surface area contributed by atoms with Crippen molar-refractivity contribution >= 4 is 27.3 Å². The number of hydrogen-bond donors (Lipinski definition) is 1. The average Bonchev–Trinajstić information content (AvgIpc) is 2.90. The van der Waals surface area contributed by atoms with Crippen molar-refractivity contribution in [1.82, 2.24) is 5.32 Å². The van der Waals surface area contributed by atoms with Crippen LogP contribution in [0.3, 0.4) is 0 Å². The maximum Gasteiger partial charge on any atom is 0.0452 e. The highest BCUT2D eigenvalue weighted by atomic mass is 79.9. The van der Waals surface area contributed by atoms with Crippen LogP contribution in [0, 0.1) is 11.8 Å². The Morgan fingerprint density at radius 3 is 2.88 bits per heavy atom. The van der Waals surface area contributed by atoms with Crippen LogP contribution in [-0.2, 0) is 0 Å². The first-order chi connectivity index (χ1) is 7.76. The minimum atomic E-state index is 0.547. The third-order valence-electron chi connectivity index (χ3n) is 3.87. The summed E-state index contributed by atoms with van der Waals surface area (Å²) in [6, 6.07) is 2.71. The summed E-state index contributed by atoms with van der Waals surface area (Å²) in [4.78, 5) is 1.48. The monoisotopic (exact) mass is 301 g/mol. The molecule has 0 radical (unpaired) electrons. The predicted octanol–water partition coefficient (Wildman–Crippen LogP) is 4.60. The lowest BCUT2D eigenvalue weighted by atomic mass is 9.95. The molecule has 3 heteroatoms. The summed E-state index contributed by atoms with van der Waals surface area (Å²) >= 11 is 5.53. The molecule has 1 nitrogen and oxygen atoms in total. The van der Waals surface area contributed by atoms with Gasteiger partial charge < -0.3 is 5.32 Å². The zero-order valence-corrected chi connectivity index (χ0v) is 12.4. The lowest BCUT2D eigenvalue weighted by Crippen LogP contribution is -2.23. The minimum Gasteiger partial charge on any atom is -0.312 e. The number of nitrogens with one attached hydrogen (secondary N) is 1.